The quantitative estimate of drug-likeness (QED) is 0.862. The Morgan fingerprint density at radius 1 is 1.44 bits per heavy atom. The van der Waals surface area contributed by atoms with Gasteiger partial charge in [-0.1, -0.05) is 11.6 Å². The van der Waals surface area contributed by atoms with Gasteiger partial charge in [-0.15, -0.1) is 0 Å². The Morgan fingerprint density at radius 2 is 2.25 bits per heavy atom. The summed E-state index contributed by atoms with van der Waals surface area (Å²) in [5, 5.41) is 10.3. The standard InChI is InChI=1S/C11H11ClFN3/c1-7(10-4-5-14-16-10)15-11-3-2-8(13)6-9(11)12/h2-7,15H,1H3,(H,14,16). The first kappa shape index (κ1) is 11.0. The van der Waals surface area contributed by atoms with Gasteiger partial charge in [-0.2, -0.15) is 5.10 Å². The highest BCUT2D eigenvalue weighted by molar-refractivity contribution is 6.33. The van der Waals surface area contributed by atoms with Gasteiger partial charge in [0.15, 0.2) is 0 Å². The topological polar surface area (TPSA) is 40.7 Å². The molecule has 0 fully saturated rings. The van der Waals surface area contributed by atoms with Crippen molar-refractivity contribution in [1.82, 2.24) is 10.2 Å². The molecule has 2 rings (SSSR count). The normalized spacial score (nSPS) is 12.4. The number of anilines is 1. The maximum Gasteiger partial charge on any atom is 0.124 e. The van der Waals surface area contributed by atoms with Crippen LogP contribution in [0.25, 0.3) is 0 Å². The van der Waals surface area contributed by atoms with Crippen LogP contribution in [0.4, 0.5) is 10.1 Å². The molecule has 1 aromatic carbocycles. The second-order valence-electron chi connectivity index (χ2n) is 3.50. The highest BCUT2D eigenvalue weighted by atomic mass is 35.5. The minimum atomic E-state index is -0.343. The highest BCUT2D eigenvalue weighted by Crippen LogP contribution is 2.26. The second kappa shape index (κ2) is 4.53. The van der Waals surface area contributed by atoms with Crippen LogP contribution in [0.1, 0.15) is 18.7 Å². The molecule has 1 heterocycles. The number of nitrogens with zero attached hydrogens (tertiary/aromatic N) is 1. The van der Waals surface area contributed by atoms with Crippen LogP contribution < -0.4 is 5.32 Å². The van der Waals surface area contributed by atoms with Crippen molar-refractivity contribution < 1.29 is 4.39 Å². The molecule has 3 nitrogen and oxygen atoms in total. The lowest BCUT2D eigenvalue weighted by Gasteiger charge is -2.14. The lowest BCUT2D eigenvalue weighted by molar-refractivity contribution is 0.628. The number of rotatable bonds is 3. The molecule has 2 aromatic rings. The van der Waals surface area contributed by atoms with E-state index in [9.17, 15) is 4.39 Å². The lowest BCUT2D eigenvalue weighted by atomic mass is 10.2. The summed E-state index contributed by atoms with van der Waals surface area (Å²) >= 11 is 5.91. The van der Waals surface area contributed by atoms with Crippen LogP contribution >= 0.6 is 11.6 Å². The molecule has 2 N–H and O–H groups in total. The van der Waals surface area contributed by atoms with Gasteiger partial charge in [-0.3, -0.25) is 5.10 Å². The van der Waals surface area contributed by atoms with E-state index in [1.54, 1.807) is 12.3 Å². The van der Waals surface area contributed by atoms with Crippen LogP contribution in [0.3, 0.4) is 0 Å². The van der Waals surface area contributed by atoms with E-state index in [2.05, 4.69) is 15.5 Å². The number of hydrogen-bond donors (Lipinski definition) is 2. The molecule has 1 aromatic heterocycles. The molecule has 0 aliphatic heterocycles. The zero-order valence-electron chi connectivity index (χ0n) is 8.67. The Labute approximate surface area is 97.6 Å². The molecule has 0 amide bonds. The summed E-state index contributed by atoms with van der Waals surface area (Å²) in [5.41, 5.74) is 1.64. The number of H-pyrrole nitrogens is 1. The van der Waals surface area contributed by atoms with Crippen LogP contribution in [0.15, 0.2) is 30.5 Å². The van der Waals surface area contributed by atoms with Crippen molar-refractivity contribution in [2.24, 2.45) is 0 Å². The predicted molar refractivity (Wildman–Crippen MR) is 62.0 cm³/mol. The van der Waals surface area contributed by atoms with Crippen molar-refractivity contribution in [3.05, 3.63) is 47.0 Å². The first-order valence-corrected chi connectivity index (χ1v) is 5.25. The van der Waals surface area contributed by atoms with Gasteiger partial charge in [-0.05, 0) is 31.2 Å². The zero-order valence-corrected chi connectivity index (χ0v) is 9.42. The Kier molecular flexibility index (Phi) is 3.10. The Morgan fingerprint density at radius 3 is 2.88 bits per heavy atom. The summed E-state index contributed by atoms with van der Waals surface area (Å²) in [6, 6.07) is 6.17. The largest absolute Gasteiger partial charge is 0.376 e. The van der Waals surface area contributed by atoms with E-state index in [0.717, 1.165) is 5.69 Å². The van der Waals surface area contributed by atoms with Gasteiger partial charge < -0.3 is 5.32 Å². The minimum Gasteiger partial charge on any atom is -0.376 e. The first-order chi connectivity index (χ1) is 7.66. The van der Waals surface area contributed by atoms with E-state index in [1.807, 2.05) is 13.0 Å². The van der Waals surface area contributed by atoms with E-state index in [0.29, 0.717) is 10.7 Å². The van der Waals surface area contributed by atoms with Gasteiger partial charge in [0.25, 0.3) is 0 Å². The molecule has 0 aliphatic carbocycles. The first-order valence-electron chi connectivity index (χ1n) is 4.87. The molecule has 84 valence electrons. The van der Waals surface area contributed by atoms with Gasteiger partial charge >= 0.3 is 0 Å². The van der Waals surface area contributed by atoms with Crippen molar-refractivity contribution in [3.8, 4) is 0 Å². The number of hydrogen-bond acceptors (Lipinski definition) is 2. The van der Waals surface area contributed by atoms with Crippen LogP contribution in [0.5, 0.6) is 0 Å². The number of aromatic amines is 1. The molecule has 1 atom stereocenters. The fourth-order valence-electron chi connectivity index (χ4n) is 1.43. The summed E-state index contributed by atoms with van der Waals surface area (Å²) in [7, 11) is 0. The molecular formula is C11H11ClFN3. The smallest absolute Gasteiger partial charge is 0.124 e. The summed E-state index contributed by atoms with van der Waals surface area (Å²) in [5.74, 6) is -0.343. The average molecular weight is 240 g/mol. The van der Waals surface area contributed by atoms with E-state index in [-0.39, 0.29) is 11.9 Å². The molecule has 5 heteroatoms. The maximum atomic E-state index is 12.8. The predicted octanol–water partition coefficient (Wildman–Crippen LogP) is 3.38. The minimum absolute atomic E-state index is 0.0328. The Balaban J connectivity index is 2.15. The summed E-state index contributed by atoms with van der Waals surface area (Å²) in [6.45, 7) is 1.97. The van der Waals surface area contributed by atoms with Gasteiger partial charge in [-0.25, -0.2) is 4.39 Å². The van der Waals surface area contributed by atoms with Gasteiger partial charge in [0.1, 0.15) is 5.82 Å². The molecule has 0 saturated heterocycles. The SMILES string of the molecule is CC(Nc1ccc(F)cc1Cl)c1ccn[nH]1. The third kappa shape index (κ3) is 2.33. The van der Waals surface area contributed by atoms with Gasteiger partial charge in [0.05, 0.1) is 22.4 Å². The summed E-state index contributed by atoms with van der Waals surface area (Å²) in [6.07, 6.45) is 1.68. The zero-order chi connectivity index (χ0) is 11.5. The van der Waals surface area contributed by atoms with Crippen LogP contribution in [0, 0.1) is 5.82 Å². The molecule has 0 saturated carbocycles. The molecule has 0 aliphatic rings. The average Bonchev–Trinajstić information content (AvgIpc) is 2.75. The van der Waals surface area contributed by atoms with Crippen LogP contribution in [-0.2, 0) is 0 Å². The molecule has 16 heavy (non-hydrogen) atoms. The summed E-state index contributed by atoms with van der Waals surface area (Å²) in [4.78, 5) is 0. The molecule has 1 unspecified atom stereocenters. The number of halogens is 2. The van der Waals surface area contributed by atoms with Crippen molar-refractivity contribution in [1.29, 1.82) is 0 Å². The van der Waals surface area contributed by atoms with Crippen molar-refractivity contribution in [3.63, 3.8) is 0 Å². The fourth-order valence-corrected chi connectivity index (χ4v) is 1.65. The monoisotopic (exact) mass is 239 g/mol. The number of nitrogens with one attached hydrogen (secondary N) is 2. The van der Waals surface area contributed by atoms with E-state index >= 15 is 0 Å². The van der Waals surface area contributed by atoms with Crippen LogP contribution in [-0.4, -0.2) is 10.2 Å². The number of benzene rings is 1. The van der Waals surface area contributed by atoms with Crippen molar-refractivity contribution in [2.45, 2.75) is 13.0 Å². The maximum absolute atomic E-state index is 12.8. The van der Waals surface area contributed by atoms with E-state index < -0.39 is 0 Å². The molecule has 0 spiro atoms. The Bertz CT molecular complexity index is 470. The third-order valence-electron chi connectivity index (χ3n) is 2.29. The van der Waals surface area contributed by atoms with Gasteiger partial charge in [0.2, 0.25) is 0 Å². The van der Waals surface area contributed by atoms with Crippen LogP contribution in [0.2, 0.25) is 5.02 Å². The second-order valence-corrected chi connectivity index (χ2v) is 3.91. The van der Waals surface area contributed by atoms with E-state index in [1.165, 1.54) is 12.1 Å². The number of aromatic nitrogens is 2. The highest BCUT2D eigenvalue weighted by Gasteiger charge is 2.08. The molecular weight excluding hydrogens is 229 g/mol. The fraction of sp³-hybridized carbons (Fsp3) is 0.182. The molecule has 0 radical (unpaired) electrons. The van der Waals surface area contributed by atoms with Crippen molar-refractivity contribution in [2.75, 3.05) is 5.32 Å². The Hall–Kier alpha value is -1.55. The van der Waals surface area contributed by atoms with Crippen molar-refractivity contribution >= 4 is 17.3 Å². The van der Waals surface area contributed by atoms with E-state index in [4.69, 9.17) is 11.6 Å². The lowest BCUT2D eigenvalue weighted by Crippen LogP contribution is -2.07. The molecule has 0 bridgehead atoms. The third-order valence-corrected chi connectivity index (χ3v) is 2.60. The van der Waals surface area contributed by atoms with Gasteiger partial charge in [0, 0.05) is 6.20 Å². The summed E-state index contributed by atoms with van der Waals surface area (Å²) < 4.78 is 12.8.